The number of rotatable bonds is 6. The minimum atomic E-state index is -0.192. The zero-order valence-electron chi connectivity index (χ0n) is 13.8. The van der Waals surface area contributed by atoms with Gasteiger partial charge >= 0.3 is 0 Å². The van der Waals surface area contributed by atoms with Crippen molar-refractivity contribution in [2.75, 3.05) is 11.9 Å². The average molecular weight is 364 g/mol. The second-order valence-electron chi connectivity index (χ2n) is 5.60. The summed E-state index contributed by atoms with van der Waals surface area (Å²) in [6.45, 7) is 0.544. The Morgan fingerprint density at radius 2 is 2.00 bits per heavy atom. The van der Waals surface area contributed by atoms with E-state index in [0.717, 1.165) is 11.9 Å². The third-order valence-electron chi connectivity index (χ3n) is 3.88. The Hall–Kier alpha value is -3.26. The molecule has 0 saturated heterocycles. The number of hydrogen-bond donors (Lipinski definition) is 3. The number of hydrogen-bond acceptors (Lipinski definition) is 6. The van der Waals surface area contributed by atoms with Gasteiger partial charge in [0.25, 0.3) is 5.91 Å². The van der Waals surface area contributed by atoms with Crippen LogP contribution in [-0.2, 0) is 6.42 Å². The lowest BCUT2D eigenvalue weighted by Gasteiger charge is -2.03. The first-order chi connectivity index (χ1) is 12.8. The molecule has 0 fully saturated rings. The molecule has 0 aliphatic heterocycles. The molecule has 4 aromatic rings. The molecular formula is C18H16N6OS. The zero-order valence-corrected chi connectivity index (χ0v) is 14.6. The quantitative estimate of drug-likeness (QED) is 0.488. The summed E-state index contributed by atoms with van der Waals surface area (Å²) in [5.41, 5.74) is 2.67. The summed E-state index contributed by atoms with van der Waals surface area (Å²) in [4.78, 5) is 27.9. The van der Waals surface area contributed by atoms with Crippen LogP contribution >= 0.6 is 11.3 Å². The average Bonchev–Trinajstić information content (AvgIpc) is 3.30. The van der Waals surface area contributed by atoms with Gasteiger partial charge in [0.1, 0.15) is 5.69 Å². The van der Waals surface area contributed by atoms with Gasteiger partial charge in [-0.3, -0.25) is 4.79 Å². The maximum Gasteiger partial charge on any atom is 0.270 e. The first-order valence-corrected chi connectivity index (χ1v) is 9.00. The van der Waals surface area contributed by atoms with Crippen molar-refractivity contribution in [3.8, 4) is 0 Å². The molecule has 7 nitrogen and oxygen atoms in total. The molecule has 3 N–H and O–H groups in total. The molecular weight excluding hydrogens is 348 g/mol. The molecule has 0 atom stereocenters. The summed E-state index contributed by atoms with van der Waals surface area (Å²) in [7, 11) is 0. The normalized spacial score (nSPS) is 10.8. The van der Waals surface area contributed by atoms with Gasteiger partial charge in [0.05, 0.1) is 0 Å². The van der Waals surface area contributed by atoms with Gasteiger partial charge in [0.2, 0.25) is 5.95 Å². The number of nitrogens with one attached hydrogen (secondary N) is 3. The van der Waals surface area contributed by atoms with Crippen molar-refractivity contribution in [3.63, 3.8) is 0 Å². The van der Waals surface area contributed by atoms with Gasteiger partial charge in [-0.05, 0) is 24.1 Å². The van der Waals surface area contributed by atoms with Crippen LogP contribution in [0, 0.1) is 0 Å². The van der Waals surface area contributed by atoms with E-state index in [0.29, 0.717) is 23.3 Å². The van der Waals surface area contributed by atoms with E-state index in [-0.39, 0.29) is 5.91 Å². The Morgan fingerprint density at radius 3 is 2.88 bits per heavy atom. The van der Waals surface area contributed by atoms with Crippen LogP contribution in [0.1, 0.15) is 16.1 Å². The number of thiazole rings is 1. The van der Waals surface area contributed by atoms with Gasteiger partial charge < -0.3 is 15.6 Å². The molecule has 130 valence electrons. The molecule has 0 bridgehead atoms. The lowest BCUT2D eigenvalue weighted by atomic mass is 10.1. The van der Waals surface area contributed by atoms with Crippen LogP contribution in [0.2, 0.25) is 0 Å². The van der Waals surface area contributed by atoms with Crippen molar-refractivity contribution in [1.82, 2.24) is 25.3 Å². The van der Waals surface area contributed by atoms with E-state index in [4.69, 9.17) is 0 Å². The van der Waals surface area contributed by atoms with Crippen LogP contribution in [0.15, 0.2) is 54.3 Å². The SMILES string of the molecule is O=C(NCCc1c[nH]c2ccccc12)c1csc(Nc2ncccn2)n1. The molecule has 3 aromatic heterocycles. The van der Waals surface area contributed by atoms with Crippen molar-refractivity contribution in [2.24, 2.45) is 0 Å². The fourth-order valence-corrected chi connectivity index (χ4v) is 3.32. The third-order valence-corrected chi connectivity index (χ3v) is 4.63. The van der Waals surface area contributed by atoms with Crippen molar-refractivity contribution in [1.29, 1.82) is 0 Å². The topological polar surface area (TPSA) is 95.6 Å². The minimum Gasteiger partial charge on any atom is -0.361 e. The van der Waals surface area contributed by atoms with Gasteiger partial charge in [-0.15, -0.1) is 11.3 Å². The molecule has 0 radical (unpaired) electrons. The number of carbonyl (C=O) groups excluding carboxylic acids is 1. The molecule has 3 heterocycles. The van der Waals surface area contributed by atoms with Gasteiger partial charge in [-0.1, -0.05) is 18.2 Å². The third kappa shape index (κ3) is 3.55. The van der Waals surface area contributed by atoms with E-state index < -0.39 is 0 Å². The number of para-hydroxylation sites is 1. The second kappa shape index (κ2) is 7.32. The largest absolute Gasteiger partial charge is 0.361 e. The van der Waals surface area contributed by atoms with E-state index in [2.05, 4.69) is 36.6 Å². The predicted molar refractivity (Wildman–Crippen MR) is 102 cm³/mol. The summed E-state index contributed by atoms with van der Waals surface area (Å²) in [6, 6.07) is 9.86. The molecule has 0 unspecified atom stereocenters. The Kier molecular flexibility index (Phi) is 4.57. The number of aromatic amines is 1. The summed E-state index contributed by atoms with van der Waals surface area (Å²) in [5, 5.41) is 9.37. The first-order valence-electron chi connectivity index (χ1n) is 8.12. The number of H-pyrrole nitrogens is 1. The van der Waals surface area contributed by atoms with Crippen molar-refractivity contribution in [3.05, 3.63) is 65.6 Å². The summed E-state index contributed by atoms with van der Waals surface area (Å²) < 4.78 is 0. The van der Waals surface area contributed by atoms with E-state index in [1.54, 1.807) is 23.8 Å². The van der Waals surface area contributed by atoms with E-state index in [1.165, 1.54) is 22.3 Å². The van der Waals surface area contributed by atoms with Crippen LogP contribution in [-0.4, -0.2) is 32.4 Å². The molecule has 0 aliphatic rings. The molecule has 1 amide bonds. The second-order valence-corrected chi connectivity index (χ2v) is 6.46. The van der Waals surface area contributed by atoms with Crippen molar-refractivity contribution in [2.45, 2.75) is 6.42 Å². The molecule has 4 rings (SSSR count). The monoisotopic (exact) mass is 364 g/mol. The highest BCUT2D eigenvalue weighted by molar-refractivity contribution is 7.14. The Morgan fingerprint density at radius 1 is 1.15 bits per heavy atom. The Labute approximate surface area is 153 Å². The van der Waals surface area contributed by atoms with Gasteiger partial charge in [-0.25, -0.2) is 15.0 Å². The smallest absolute Gasteiger partial charge is 0.270 e. The standard InChI is InChI=1S/C18H16N6OS/c25-16(15-11-26-18(23-15)24-17-20-7-3-8-21-17)19-9-6-12-10-22-14-5-2-1-4-13(12)14/h1-5,7-8,10-11,22H,6,9H2,(H,19,25)(H,20,21,23,24). The molecule has 0 spiro atoms. The van der Waals surface area contributed by atoms with E-state index >= 15 is 0 Å². The number of fused-ring (bicyclic) bond motifs is 1. The minimum absolute atomic E-state index is 0.192. The number of carbonyl (C=O) groups is 1. The highest BCUT2D eigenvalue weighted by atomic mass is 32.1. The summed E-state index contributed by atoms with van der Waals surface area (Å²) in [5.74, 6) is 0.260. The predicted octanol–water partition coefficient (Wildman–Crippen LogP) is 3.13. The summed E-state index contributed by atoms with van der Waals surface area (Å²) in [6.07, 6.45) is 6.02. The van der Waals surface area contributed by atoms with E-state index in [1.807, 2.05) is 24.4 Å². The molecule has 0 aliphatic carbocycles. The number of amides is 1. The fraction of sp³-hybridized carbons (Fsp3) is 0.111. The maximum atomic E-state index is 12.3. The molecule has 26 heavy (non-hydrogen) atoms. The van der Waals surface area contributed by atoms with Crippen LogP contribution in [0.3, 0.4) is 0 Å². The number of benzene rings is 1. The van der Waals surface area contributed by atoms with Crippen LogP contribution in [0.25, 0.3) is 10.9 Å². The first kappa shape index (κ1) is 16.2. The van der Waals surface area contributed by atoms with Gasteiger partial charge in [0, 0.05) is 41.4 Å². The molecule has 1 aromatic carbocycles. The molecule has 0 saturated carbocycles. The number of anilines is 2. The van der Waals surface area contributed by atoms with Crippen LogP contribution in [0.4, 0.5) is 11.1 Å². The van der Waals surface area contributed by atoms with E-state index in [9.17, 15) is 4.79 Å². The highest BCUT2D eigenvalue weighted by Crippen LogP contribution is 2.19. The van der Waals surface area contributed by atoms with Gasteiger partial charge in [-0.2, -0.15) is 0 Å². The summed E-state index contributed by atoms with van der Waals surface area (Å²) >= 11 is 1.34. The Balaban J connectivity index is 1.34. The zero-order chi connectivity index (χ0) is 17.8. The lowest BCUT2D eigenvalue weighted by Crippen LogP contribution is -2.25. The van der Waals surface area contributed by atoms with Crippen LogP contribution in [0.5, 0.6) is 0 Å². The number of nitrogens with zero attached hydrogens (tertiary/aromatic N) is 3. The van der Waals surface area contributed by atoms with Crippen molar-refractivity contribution >= 4 is 39.2 Å². The van der Waals surface area contributed by atoms with Crippen molar-refractivity contribution < 1.29 is 4.79 Å². The maximum absolute atomic E-state index is 12.3. The van der Waals surface area contributed by atoms with Gasteiger partial charge in [0.15, 0.2) is 5.13 Å². The number of aromatic nitrogens is 4. The highest BCUT2D eigenvalue weighted by Gasteiger charge is 2.11. The fourth-order valence-electron chi connectivity index (χ4n) is 2.63. The van der Waals surface area contributed by atoms with Crippen LogP contribution < -0.4 is 10.6 Å². The Bertz CT molecular complexity index is 1030. The lowest BCUT2D eigenvalue weighted by molar-refractivity contribution is 0.0950. The molecule has 8 heteroatoms.